The first-order valence-corrected chi connectivity index (χ1v) is 12.2. The van der Waals surface area contributed by atoms with Crippen molar-refractivity contribution in [3.63, 3.8) is 0 Å². The van der Waals surface area contributed by atoms with E-state index >= 15 is 0 Å². The molecule has 1 unspecified atom stereocenters. The summed E-state index contributed by atoms with van der Waals surface area (Å²) in [6.07, 6.45) is 2.22. The van der Waals surface area contributed by atoms with E-state index in [9.17, 15) is 19.1 Å². The van der Waals surface area contributed by atoms with Gasteiger partial charge in [0.2, 0.25) is 0 Å². The smallest absolute Gasteiger partial charge is 0.305 e. The van der Waals surface area contributed by atoms with Crippen LogP contribution in [0.5, 0.6) is 5.75 Å². The number of benzene rings is 3. The SMILES string of the molecule is O=C(O)CC(NC(=O)c1ccc(OCCCNc2ccccn2)cc1)c1ccc(-c2cccc(F)c2)cc1. The number of aliphatic carboxylic acids is 1. The van der Waals surface area contributed by atoms with Gasteiger partial charge in [0.15, 0.2) is 0 Å². The minimum atomic E-state index is -1.04. The lowest BCUT2D eigenvalue weighted by Crippen LogP contribution is -2.30. The van der Waals surface area contributed by atoms with Gasteiger partial charge in [0.05, 0.1) is 19.1 Å². The summed E-state index contributed by atoms with van der Waals surface area (Å²) >= 11 is 0. The molecule has 0 fully saturated rings. The van der Waals surface area contributed by atoms with E-state index in [1.165, 1.54) is 12.1 Å². The van der Waals surface area contributed by atoms with E-state index in [1.807, 2.05) is 18.2 Å². The van der Waals surface area contributed by atoms with Crippen LogP contribution in [-0.2, 0) is 4.79 Å². The van der Waals surface area contributed by atoms with Crippen LogP contribution in [-0.4, -0.2) is 35.1 Å². The lowest BCUT2D eigenvalue weighted by molar-refractivity contribution is -0.137. The van der Waals surface area contributed by atoms with E-state index in [0.29, 0.717) is 35.6 Å². The Kier molecular flexibility index (Phi) is 9.02. The van der Waals surface area contributed by atoms with E-state index in [4.69, 9.17) is 4.74 Å². The fourth-order valence-corrected chi connectivity index (χ4v) is 3.89. The number of amides is 1. The third-order valence-corrected chi connectivity index (χ3v) is 5.83. The Bertz CT molecular complexity index is 1350. The average molecular weight is 514 g/mol. The van der Waals surface area contributed by atoms with E-state index in [-0.39, 0.29) is 12.2 Å². The summed E-state index contributed by atoms with van der Waals surface area (Å²) < 4.78 is 19.3. The normalized spacial score (nSPS) is 11.4. The Hall–Kier alpha value is -4.72. The van der Waals surface area contributed by atoms with Crippen LogP contribution < -0.4 is 15.4 Å². The number of hydrogen-bond donors (Lipinski definition) is 3. The maximum Gasteiger partial charge on any atom is 0.305 e. The van der Waals surface area contributed by atoms with E-state index in [0.717, 1.165) is 17.8 Å². The summed E-state index contributed by atoms with van der Waals surface area (Å²) in [6.45, 7) is 1.21. The predicted molar refractivity (Wildman–Crippen MR) is 144 cm³/mol. The number of nitrogens with one attached hydrogen (secondary N) is 2. The molecule has 3 N–H and O–H groups in total. The minimum absolute atomic E-state index is 0.279. The van der Waals surface area contributed by atoms with E-state index < -0.39 is 17.9 Å². The van der Waals surface area contributed by atoms with Gasteiger partial charge >= 0.3 is 5.97 Å². The van der Waals surface area contributed by atoms with Crippen LogP contribution in [0.25, 0.3) is 11.1 Å². The van der Waals surface area contributed by atoms with Crippen molar-refractivity contribution in [3.05, 3.63) is 114 Å². The number of carbonyl (C=O) groups excluding carboxylic acids is 1. The summed E-state index contributed by atoms with van der Waals surface area (Å²) in [6, 6.07) is 24.9. The number of carboxylic acid groups (broad SMARTS) is 1. The van der Waals surface area contributed by atoms with Gasteiger partial charge in [-0.25, -0.2) is 9.37 Å². The summed E-state index contributed by atoms with van der Waals surface area (Å²) in [5, 5.41) is 15.4. The highest BCUT2D eigenvalue weighted by Crippen LogP contribution is 2.25. The number of nitrogens with zero attached hydrogens (tertiary/aromatic N) is 1. The molecule has 1 atom stereocenters. The summed E-state index contributed by atoms with van der Waals surface area (Å²) in [7, 11) is 0. The molecular formula is C30H28FN3O4. The monoisotopic (exact) mass is 513 g/mol. The van der Waals surface area contributed by atoms with Crippen molar-refractivity contribution >= 4 is 17.7 Å². The van der Waals surface area contributed by atoms with Crippen LogP contribution in [0.3, 0.4) is 0 Å². The molecule has 38 heavy (non-hydrogen) atoms. The maximum atomic E-state index is 13.6. The quantitative estimate of drug-likeness (QED) is 0.210. The molecule has 0 saturated carbocycles. The molecule has 0 aliphatic heterocycles. The highest BCUT2D eigenvalue weighted by molar-refractivity contribution is 5.94. The zero-order valence-electron chi connectivity index (χ0n) is 20.6. The van der Waals surface area contributed by atoms with Crippen LogP contribution >= 0.6 is 0 Å². The van der Waals surface area contributed by atoms with E-state index in [2.05, 4.69) is 15.6 Å². The van der Waals surface area contributed by atoms with Gasteiger partial charge < -0.3 is 20.5 Å². The second kappa shape index (κ2) is 13.0. The van der Waals surface area contributed by atoms with Gasteiger partial charge in [0.25, 0.3) is 5.91 Å². The number of hydrogen-bond acceptors (Lipinski definition) is 5. The second-order valence-corrected chi connectivity index (χ2v) is 8.62. The van der Waals surface area contributed by atoms with Crippen LogP contribution in [0.2, 0.25) is 0 Å². The highest BCUT2D eigenvalue weighted by Gasteiger charge is 2.19. The Morgan fingerprint density at radius 3 is 2.39 bits per heavy atom. The molecule has 1 amide bonds. The molecule has 1 aromatic heterocycles. The number of pyridine rings is 1. The number of carboxylic acids is 1. The molecule has 0 radical (unpaired) electrons. The molecule has 194 valence electrons. The third kappa shape index (κ3) is 7.64. The van der Waals surface area contributed by atoms with Crippen molar-refractivity contribution in [2.24, 2.45) is 0 Å². The van der Waals surface area contributed by atoms with Gasteiger partial charge in [-0.3, -0.25) is 9.59 Å². The predicted octanol–water partition coefficient (Wildman–Crippen LogP) is 5.71. The highest BCUT2D eigenvalue weighted by atomic mass is 19.1. The molecule has 0 aliphatic carbocycles. The van der Waals surface area contributed by atoms with Gasteiger partial charge in [0.1, 0.15) is 17.4 Å². The number of aromatic nitrogens is 1. The van der Waals surface area contributed by atoms with Crippen molar-refractivity contribution < 1.29 is 23.8 Å². The van der Waals surface area contributed by atoms with Gasteiger partial charge in [-0.1, -0.05) is 42.5 Å². The largest absolute Gasteiger partial charge is 0.494 e. The van der Waals surface area contributed by atoms with Crippen molar-refractivity contribution in [2.45, 2.75) is 18.9 Å². The average Bonchev–Trinajstić information content (AvgIpc) is 2.93. The van der Waals surface area contributed by atoms with Crippen molar-refractivity contribution in [2.75, 3.05) is 18.5 Å². The molecule has 0 spiro atoms. The summed E-state index contributed by atoms with van der Waals surface area (Å²) in [4.78, 5) is 28.6. The van der Waals surface area contributed by atoms with Crippen molar-refractivity contribution in [3.8, 4) is 16.9 Å². The summed E-state index contributed by atoms with van der Waals surface area (Å²) in [5.41, 5.74) is 2.53. The number of carbonyl (C=O) groups is 2. The van der Waals surface area contributed by atoms with Crippen LogP contribution in [0.1, 0.15) is 34.8 Å². The Balaban J connectivity index is 1.32. The zero-order chi connectivity index (χ0) is 26.7. The first kappa shape index (κ1) is 26.3. The van der Waals surface area contributed by atoms with Gasteiger partial charge in [-0.2, -0.15) is 0 Å². The molecule has 4 rings (SSSR count). The second-order valence-electron chi connectivity index (χ2n) is 8.62. The van der Waals surface area contributed by atoms with Crippen LogP contribution in [0, 0.1) is 5.82 Å². The van der Waals surface area contributed by atoms with Crippen LogP contribution in [0.15, 0.2) is 97.2 Å². The number of anilines is 1. The molecular weight excluding hydrogens is 485 g/mol. The van der Waals surface area contributed by atoms with Crippen molar-refractivity contribution in [1.82, 2.24) is 10.3 Å². The Morgan fingerprint density at radius 1 is 0.921 bits per heavy atom. The Morgan fingerprint density at radius 2 is 1.71 bits per heavy atom. The fourth-order valence-electron chi connectivity index (χ4n) is 3.89. The Labute approximate surface area is 220 Å². The van der Waals surface area contributed by atoms with Gasteiger partial charge in [0, 0.05) is 18.3 Å². The van der Waals surface area contributed by atoms with E-state index in [1.54, 1.807) is 66.9 Å². The molecule has 1 heterocycles. The van der Waals surface area contributed by atoms with Crippen LogP contribution in [0.4, 0.5) is 10.2 Å². The lowest BCUT2D eigenvalue weighted by atomic mass is 9.98. The molecule has 4 aromatic rings. The third-order valence-electron chi connectivity index (χ3n) is 5.83. The molecule has 0 saturated heterocycles. The molecule has 7 nitrogen and oxygen atoms in total. The number of rotatable bonds is 12. The van der Waals surface area contributed by atoms with Crippen molar-refractivity contribution in [1.29, 1.82) is 0 Å². The zero-order valence-corrected chi connectivity index (χ0v) is 20.6. The number of ether oxygens (including phenoxy) is 1. The number of halogens is 1. The first-order chi connectivity index (χ1) is 18.5. The molecule has 0 aliphatic rings. The topological polar surface area (TPSA) is 101 Å². The van der Waals surface area contributed by atoms with Gasteiger partial charge in [-0.15, -0.1) is 0 Å². The minimum Gasteiger partial charge on any atom is -0.494 e. The lowest BCUT2D eigenvalue weighted by Gasteiger charge is -2.18. The molecule has 8 heteroatoms. The molecule has 3 aromatic carbocycles. The maximum absolute atomic E-state index is 13.6. The fraction of sp³-hybridized carbons (Fsp3) is 0.167. The standard InChI is InChI=1S/C30H28FN3O4/c31-25-6-3-5-24(19-25)21-8-10-22(11-9-21)27(20-29(35)36)34-30(37)23-12-14-26(15-13-23)38-18-4-17-33-28-7-1-2-16-32-28/h1-3,5-16,19,27H,4,17-18,20H2,(H,32,33)(H,34,37)(H,35,36). The molecule has 0 bridgehead atoms. The summed E-state index contributed by atoms with van der Waals surface area (Å²) in [5.74, 6) is -0.319. The first-order valence-electron chi connectivity index (χ1n) is 12.2. The van der Waals surface area contributed by atoms with Gasteiger partial charge in [-0.05, 0) is 71.6 Å².